The number of nitrogens with zero attached hydrogens (tertiary/aromatic N) is 4. The highest BCUT2D eigenvalue weighted by molar-refractivity contribution is 5.80. The molecule has 0 unspecified atom stereocenters. The minimum absolute atomic E-state index is 0.775. The summed E-state index contributed by atoms with van der Waals surface area (Å²) in [5.41, 5.74) is 4.89. The highest BCUT2D eigenvalue weighted by Crippen LogP contribution is 2.32. The molecule has 152 valence electrons. The Hall–Kier alpha value is -3.58. The lowest BCUT2D eigenvalue weighted by Gasteiger charge is -2.28. The Bertz CT molecular complexity index is 1130. The van der Waals surface area contributed by atoms with Crippen molar-refractivity contribution >= 4 is 22.8 Å². The van der Waals surface area contributed by atoms with Gasteiger partial charge in [0.1, 0.15) is 17.3 Å². The first-order chi connectivity index (χ1) is 14.8. The molecule has 4 aromatic rings. The summed E-state index contributed by atoms with van der Waals surface area (Å²) < 4.78 is 12.7. The minimum Gasteiger partial charge on any atom is -0.497 e. The van der Waals surface area contributed by atoms with Gasteiger partial charge in [-0.15, -0.1) is 0 Å². The lowest BCUT2D eigenvalue weighted by Crippen LogP contribution is -2.36. The minimum atomic E-state index is 0.775. The molecule has 0 saturated carbocycles. The monoisotopic (exact) mass is 401 g/mol. The summed E-state index contributed by atoms with van der Waals surface area (Å²) in [5, 5.41) is 3.51. The third-order valence-electron chi connectivity index (χ3n) is 5.30. The van der Waals surface area contributed by atoms with Gasteiger partial charge in [0.25, 0.3) is 0 Å². The number of benzene rings is 2. The van der Waals surface area contributed by atoms with Crippen molar-refractivity contribution in [2.45, 2.75) is 0 Å². The highest BCUT2D eigenvalue weighted by Gasteiger charge is 2.16. The highest BCUT2D eigenvalue weighted by atomic mass is 16.5. The Labute approximate surface area is 174 Å². The first-order valence-electron chi connectivity index (χ1n) is 9.98. The molecule has 0 radical (unpaired) electrons. The van der Waals surface area contributed by atoms with Crippen molar-refractivity contribution in [3.05, 3.63) is 67.1 Å². The van der Waals surface area contributed by atoms with Crippen molar-refractivity contribution < 1.29 is 9.47 Å². The number of methoxy groups -OCH3 is 1. The molecule has 1 aliphatic heterocycles. The number of hydrogen-bond donors (Lipinski definition) is 1. The number of aromatic nitrogens is 3. The van der Waals surface area contributed by atoms with Crippen molar-refractivity contribution in [2.24, 2.45) is 0 Å². The molecular formula is C23H23N5O2. The molecule has 1 fully saturated rings. The fraction of sp³-hybridized carbons (Fsp3) is 0.217. The first kappa shape index (κ1) is 18.4. The van der Waals surface area contributed by atoms with E-state index >= 15 is 0 Å². The van der Waals surface area contributed by atoms with Crippen LogP contribution in [0.15, 0.2) is 67.1 Å². The van der Waals surface area contributed by atoms with Crippen LogP contribution in [0.5, 0.6) is 5.75 Å². The quantitative estimate of drug-likeness (QED) is 0.546. The largest absolute Gasteiger partial charge is 0.497 e. The maximum atomic E-state index is 5.46. The van der Waals surface area contributed by atoms with Crippen LogP contribution in [0.1, 0.15) is 0 Å². The van der Waals surface area contributed by atoms with Gasteiger partial charge >= 0.3 is 0 Å². The second-order valence-electron chi connectivity index (χ2n) is 7.11. The summed E-state index contributed by atoms with van der Waals surface area (Å²) >= 11 is 0. The fourth-order valence-electron chi connectivity index (χ4n) is 3.69. The van der Waals surface area contributed by atoms with Gasteiger partial charge in [-0.25, -0.2) is 4.98 Å². The summed E-state index contributed by atoms with van der Waals surface area (Å²) in [6, 6.07) is 16.4. The summed E-state index contributed by atoms with van der Waals surface area (Å²) in [7, 11) is 1.67. The summed E-state index contributed by atoms with van der Waals surface area (Å²) in [5.74, 6) is 1.72. The summed E-state index contributed by atoms with van der Waals surface area (Å²) in [6.45, 7) is 3.39. The number of fused-ring (bicyclic) bond motifs is 1. The molecule has 0 aliphatic carbocycles. The lowest BCUT2D eigenvalue weighted by atomic mass is 10.1. The predicted molar refractivity (Wildman–Crippen MR) is 118 cm³/mol. The Morgan fingerprint density at radius 2 is 1.77 bits per heavy atom. The van der Waals surface area contributed by atoms with Gasteiger partial charge in [-0.3, -0.25) is 9.38 Å². The zero-order valence-electron chi connectivity index (χ0n) is 16.8. The van der Waals surface area contributed by atoms with E-state index in [0.29, 0.717) is 0 Å². The molecule has 0 amide bonds. The van der Waals surface area contributed by atoms with E-state index in [1.165, 1.54) is 5.69 Å². The second kappa shape index (κ2) is 8.04. The van der Waals surface area contributed by atoms with E-state index in [4.69, 9.17) is 14.5 Å². The van der Waals surface area contributed by atoms with Gasteiger partial charge in [0.15, 0.2) is 5.65 Å². The van der Waals surface area contributed by atoms with Gasteiger partial charge in [0, 0.05) is 42.4 Å². The van der Waals surface area contributed by atoms with E-state index in [0.717, 1.165) is 60.5 Å². The van der Waals surface area contributed by atoms with Gasteiger partial charge in [-0.1, -0.05) is 12.1 Å². The molecule has 0 spiro atoms. The van der Waals surface area contributed by atoms with Crippen LogP contribution in [0.3, 0.4) is 0 Å². The molecule has 7 nitrogen and oxygen atoms in total. The Kier molecular flexibility index (Phi) is 4.94. The van der Waals surface area contributed by atoms with Crippen molar-refractivity contribution in [3.63, 3.8) is 0 Å². The zero-order chi connectivity index (χ0) is 20.3. The molecule has 1 aliphatic rings. The van der Waals surface area contributed by atoms with Crippen LogP contribution >= 0.6 is 0 Å². The predicted octanol–water partition coefficient (Wildman–Crippen LogP) is 3.99. The van der Waals surface area contributed by atoms with E-state index in [-0.39, 0.29) is 0 Å². The smallest absolute Gasteiger partial charge is 0.157 e. The van der Waals surface area contributed by atoms with Gasteiger partial charge in [-0.05, 0) is 36.4 Å². The molecule has 2 aromatic carbocycles. The van der Waals surface area contributed by atoms with Crippen LogP contribution in [0.2, 0.25) is 0 Å². The van der Waals surface area contributed by atoms with Crippen LogP contribution < -0.4 is 15.0 Å². The molecule has 30 heavy (non-hydrogen) atoms. The van der Waals surface area contributed by atoms with Gasteiger partial charge in [0.05, 0.1) is 26.5 Å². The topological polar surface area (TPSA) is 63.9 Å². The van der Waals surface area contributed by atoms with Crippen molar-refractivity contribution in [1.29, 1.82) is 0 Å². The molecule has 0 bridgehead atoms. The maximum Gasteiger partial charge on any atom is 0.157 e. The summed E-state index contributed by atoms with van der Waals surface area (Å²) in [6.07, 6.45) is 5.45. The third kappa shape index (κ3) is 3.55. The van der Waals surface area contributed by atoms with E-state index in [9.17, 15) is 0 Å². The maximum absolute atomic E-state index is 5.46. The van der Waals surface area contributed by atoms with Gasteiger partial charge < -0.3 is 19.7 Å². The van der Waals surface area contributed by atoms with Crippen molar-refractivity contribution in [3.8, 4) is 17.0 Å². The number of morpholine rings is 1. The average molecular weight is 401 g/mol. The molecule has 1 saturated heterocycles. The molecule has 1 N–H and O–H groups in total. The van der Waals surface area contributed by atoms with E-state index in [1.807, 2.05) is 34.9 Å². The number of rotatable bonds is 5. The van der Waals surface area contributed by atoms with Crippen molar-refractivity contribution in [1.82, 2.24) is 14.4 Å². The third-order valence-corrected chi connectivity index (χ3v) is 5.30. The van der Waals surface area contributed by atoms with E-state index in [2.05, 4.69) is 39.5 Å². The SMILES string of the molecule is COc1ccc(Nc2c(-c3ccc(N4CCOCC4)cc3)nc3cnccn23)cc1. The van der Waals surface area contributed by atoms with Crippen LogP contribution in [-0.4, -0.2) is 47.8 Å². The number of ether oxygens (including phenoxy) is 2. The first-order valence-corrected chi connectivity index (χ1v) is 9.98. The van der Waals surface area contributed by atoms with Gasteiger partial charge in [0.2, 0.25) is 0 Å². The Morgan fingerprint density at radius 1 is 1.00 bits per heavy atom. The Morgan fingerprint density at radius 3 is 2.50 bits per heavy atom. The number of nitrogens with one attached hydrogen (secondary N) is 1. The second-order valence-corrected chi connectivity index (χ2v) is 7.11. The average Bonchev–Trinajstić information content (AvgIpc) is 3.19. The van der Waals surface area contributed by atoms with E-state index in [1.54, 1.807) is 19.5 Å². The summed E-state index contributed by atoms with van der Waals surface area (Å²) in [4.78, 5) is 11.4. The van der Waals surface area contributed by atoms with Crippen LogP contribution in [0, 0.1) is 0 Å². The van der Waals surface area contributed by atoms with Crippen LogP contribution in [-0.2, 0) is 4.74 Å². The molecule has 5 rings (SSSR count). The number of hydrogen-bond acceptors (Lipinski definition) is 6. The van der Waals surface area contributed by atoms with Crippen molar-refractivity contribution in [2.75, 3.05) is 43.6 Å². The fourth-order valence-corrected chi connectivity index (χ4v) is 3.69. The van der Waals surface area contributed by atoms with E-state index < -0.39 is 0 Å². The standard InChI is InChI=1S/C23H23N5O2/c1-29-20-8-4-18(5-9-20)25-23-22(26-21-16-24-10-11-28(21)23)17-2-6-19(7-3-17)27-12-14-30-15-13-27/h2-11,16,25H,12-15H2,1H3. The number of imidazole rings is 1. The lowest BCUT2D eigenvalue weighted by molar-refractivity contribution is 0.122. The van der Waals surface area contributed by atoms with Gasteiger partial charge in [-0.2, -0.15) is 0 Å². The molecule has 2 aromatic heterocycles. The zero-order valence-corrected chi connectivity index (χ0v) is 16.8. The normalized spacial score (nSPS) is 14.1. The number of anilines is 3. The van der Waals surface area contributed by atoms with Crippen LogP contribution in [0.4, 0.5) is 17.2 Å². The van der Waals surface area contributed by atoms with Crippen LogP contribution in [0.25, 0.3) is 16.9 Å². The molecule has 0 atom stereocenters. The Balaban J connectivity index is 1.51. The molecule has 7 heteroatoms. The molecule has 3 heterocycles. The molecular weight excluding hydrogens is 378 g/mol.